The van der Waals surface area contributed by atoms with Crippen LogP contribution in [0.25, 0.3) is 0 Å². The molecule has 0 radical (unpaired) electrons. The van der Waals surface area contributed by atoms with Gasteiger partial charge in [-0.25, -0.2) is 0 Å². The quantitative estimate of drug-likeness (QED) is 0.552. The van der Waals surface area contributed by atoms with Crippen molar-refractivity contribution in [2.75, 3.05) is 20.2 Å². The van der Waals surface area contributed by atoms with E-state index in [9.17, 15) is 14.4 Å². The van der Waals surface area contributed by atoms with E-state index in [1.807, 2.05) is 0 Å². The Morgan fingerprint density at radius 2 is 1.88 bits per heavy atom. The Morgan fingerprint density at radius 1 is 1.21 bits per heavy atom. The summed E-state index contributed by atoms with van der Waals surface area (Å²) in [6.45, 7) is 2.03. The molecule has 0 aromatic heterocycles. The molecule has 0 bridgehead atoms. The SMILES string of the molecule is CC(=O)c1ccc(OCCCC(=O)N(C)CC(=O)NC2CC2)cc1. The van der Waals surface area contributed by atoms with Gasteiger partial charge in [-0.2, -0.15) is 0 Å². The molecule has 0 unspecified atom stereocenters. The molecule has 0 heterocycles. The van der Waals surface area contributed by atoms with Gasteiger partial charge in [-0.3, -0.25) is 14.4 Å². The molecular formula is C18H24N2O4. The summed E-state index contributed by atoms with van der Waals surface area (Å²) >= 11 is 0. The van der Waals surface area contributed by atoms with E-state index in [0.29, 0.717) is 36.8 Å². The van der Waals surface area contributed by atoms with Crippen LogP contribution in [0.2, 0.25) is 0 Å². The van der Waals surface area contributed by atoms with Gasteiger partial charge in [-0.15, -0.1) is 0 Å². The molecule has 24 heavy (non-hydrogen) atoms. The van der Waals surface area contributed by atoms with Crippen molar-refractivity contribution < 1.29 is 19.1 Å². The van der Waals surface area contributed by atoms with E-state index in [2.05, 4.69) is 5.32 Å². The van der Waals surface area contributed by atoms with Crippen LogP contribution in [0.5, 0.6) is 5.75 Å². The number of ether oxygens (including phenoxy) is 1. The van der Waals surface area contributed by atoms with Gasteiger partial charge in [0.25, 0.3) is 0 Å². The molecule has 1 aliphatic rings. The van der Waals surface area contributed by atoms with Crippen molar-refractivity contribution in [2.45, 2.75) is 38.6 Å². The van der Waals surface area contributed by atoms with E-state index in [-0.39, 0.29) is 24.1 Å². The number of likely N-dealkylation sites (N-methyl/N-ethyl adjacent to an activating group) is 1. The number of nitrogens with zero attached hydrogens (tertiary/aromatic N) is 1. The molecule has 6 nitrogen and oxygen atoms in total. The molecule has 6 heteroatoms. The first-order valence-corrected chi connectivity index (χ1v) is 8.23. The first-order valence-electron chi connectivity index (χ1n) is 8.23. The molecule has 0 atom stereocenters. The van der Waals surface area contributed by atoms with Crippen LogP contribution >= 0.6 is 0 Å². The molecule has 1 aromatic rings. The van der Waals surface area contributed by atoms with Gasteiger partial charge in [-0.05, 0) is 50.5 Å². The number of amides is 2. The summed E-state index contributed by atoms with van der Waals surface area (Å²) in [6.07, 6.45) is 2.98. The average Bonchev–Trinajstić information content (AvgIpc) is 3.35. The second kappa shape index (κ2) is 8.47. The maximum absolute atomic E-state index is 12.0. The lowest BCUT2D eigenvalue weighted by Crippen LogP contribution is -2.39. The Kier molecular flexibility index (Phi) is 6.35. The number of carbonyl (C=O) groups is 3. The summed E-state index contributed by atoms with van der Waals surface area (Å²) in [7, 11) is 1.64. The number of nitrogens with one attached hydrogen (secondary N) is 1. The van der Waals surface area contributed by atoms with Crippen molar-refractivity contribution in [3.8, 4) is 5.75 Å². The van der Waals surface area contributed by atoms with Gasteiger partial charge in [0.15, 0.2) is 5.78 Å². The van der Waals surface area contributed by atoms with Crippen LogP contribution < -0.4 is 10.1 Å². The van der Waals surface area contributed by atoms with Crippen molar-refractivity contribution in [1.29, 1.82) is 0 Å². The number of ketones is 1. The summed E-state index contributed by atoms with van der Waals surface area (Å²) < 4.78 is 5.55. The number of rotatable bonds is 9. The van der Waals surface area contributed by atoms with E-state index in [1.165, 1.54) is 11.8 Å². The van der Waals surface area contributed by atoms with Gasteiger partial charge < -0.3 is 15.0 Å². The summed E-state index contributed by atoms with van der Waals surface area (Å²) in [5, 5.41) is 2.86. The molecule has 1 N–H and O–H groups in total. The number of Topliss-reactive ketones (excluding diaryl/α,β-unsaturated/α-hetero) is 1. The third-order valence-electron chi connectivity index (χ3n) is 3.81. The van der Waals surface area contributed by atoms with Crippen LogP contribution in [-0.2, 0) is 9.59 Å². The third kappa shape index (κ3) is 6.02. The predicted octanol–water partition coefficient (Wildman–Crippen LogP) is 1.79. The van der Waals surface area contributed by atoms with Crippen molar-refractivity contribution >= 4 is 17.6 Å². The molecule has 2 rings (SSSR count). The summed E-state index contributed by atoms with van der Waals surface area (Å²) in [4.78, 5) is 36.2. The first kappa shape index (κ1) is 18.0. The molecule has 1 fully saturated rings. The second-order valence-electron chi connectivity index (χ2n) is 6.12. The molecule has 1 aromatic carbocycles. The number of hydrogen-bond acceptors (Lipinski definition) is 4. The Labute approximate surface area is 142 Å². The standard InChI is InChI=1S/C18H24N2O4/c1-13(21)14-5-9-16(10-6-14)24-11-3-4-18(23)20(2)12-17(22)19-15-7-8-15/h5-6,9-10,15H,3-4,7-8,11-12H2,1-2H3,(H,19,22). The van der Waals surface area contributed by atoms with Crippen LogP contribution in [0.15, 0.2) is 24.3 Å². The molecule has 130 valence electrons. The predicted molar refractivity (Wildman–Crippen MR) is 90.0 cm³/mol. The van der Waals surface area contributed by atoms with Crippen molar-refractivity contribution in [3.05, 3.63) is 29.8 Å². The zero-order chi connectivity index (χ0) is 17.5. The molecule has 0 saturated heterocycles. The monoisotopic (exact) mass is 332 g/mol. The molecular weight excluding hydrogens is 308 g/mol. The van der Waals surface area contributed by atoms with Gasteiger partial charge in [0, 0.05) is 25.1 Å². The maximum Gasteiger partial charge on any atom is 0.239 e. The van der Waals surface area contributed by atoms with E-state index in [0.717, 1.165) is 12.8 Å². The fourth-order valence-corrected chi connectivity index (χ4v) is 2.19. The number of carbonyl (C=O) groups excluding carboxylic acids is 3. The Bertz CT molecular complexity index is 594. The lowest BCUT2D eigenvalue weighted by molar-refractivity contribution is -0.134. The minimum absolute atomic E-state index is 0.0147. The van der Waals surface area contributed by atoms with Crippen LogP contribution in [0.4, 0.5) is 0 Å². The van der Waals surface area contributed by atoms with Gasteiger partial charge in [0.2, 0.25) is 11.8 Å². The van der Waals surface area contributed by atoms with Crippen molar-refractivity contribution in [1.82, 2.24) is 10.2 Å². The van der Waals surface area contributed by atoms with Crippen LogP contribution in [0.3, 0.4) is 0 Å². The van der Waals surface area contributed by atoms with Gasteiger partial charge in [0.05, 0.1) is 13.2 Å². The zero-order valence-electron chi connectivity index (χ0n) is 14.2. The lowest BCUT2D eigenvalue weighted by atomic mass is 10.1. The highest BCUT2D eigenvalue weighted by Gasteiger charge is 2.24. The number of hydrogen-bond donors (Lipinski definition) is 1. The second-order valence-corrected chi connectivity index (χ2v) is 6.12. The molecule has 1 aliphatic carbocycles. The summed E-state index contributed by atoms with van der Waals surface area (Å²) in [5.74, 6) is 0.511. The van der Waals surface area contributed by atoms with E-state index in [4.69, 9.17) is 4.74 Å². The summed E-state index contributed by atoms with van der Waals surface area (Å²) in [5.41, 5.74) is 0.642. The highest BCUT2D eigenvalue weighted by molar-refractivity contribution is 5.94. The smallest absolute Gasteiger partial charge is 0.239 e. The Balaban J connectivity index is 1.62. The third-order valence-corrected chi connectivity index (χ3v) is 3.81. The van der Waals surface area contributed by atoms with Gasteiger partial charge in [0.1, 0.15) is 5.75 Å². The van der Waals surface area contributed by atoms with Gasteiger partial charge >= 0.3 is 0 Å². The molecule has 1 saturated carbocycles. The first-order chi connectivity index (χ1) is 11.5. The zero-order valence-corrected chi connectivity index (χ0v) is 14.2. The Morgan fingerprint density at radius 3 is 2.46 bits per heavy atom. The highest BCUT2D eigenvalue weighted by atomic mass is 16.5. The number of benzene rings is 1. The minimum Gasteiger partial charge on any atom is -0.494 e. The van der Waals surface area contributed by atoms with Crippen molar-refractivity contribution in [2.24, 2.45) is 0 Å². The molecule has 2 amide bonds. The Hall–Kier alpha value is -2.37. The maximum atomic E-state index is 12.0. The highest BCUT2D eigenvalue weighted by Crippen LogP contribution is 2.18. The summed E-state index contributed by atoms with van der Waals surface area (Å²) in [6, 6.07) is 7.23. The normalized spacial score (nSPS) is 13.2. The average molecular weight is 332 g/mol. The molecule has 0 spiro atoms. The van der Waals surface area contributed by atoms with E-state index < -0.39 is 0 Å². The largest absolute Gasteiger partial charge is 0.494 e. The fourth-order valence-electron chi connectivity index (χ4n) is 2.19. The van der Waals surface area contributed by atoms with E-state index in [1.54, 1.807) is 31.3 Å². The van der Waals surface area contributed by atoms with Crippen LogP contribution in [0, 0.1) is 0 Å². The van der Waals surface area contributed by atoms with Crippen LogP contribution in [0.1, 0.15) is 43.0 Å². The molecule has 0 aliphatic heterocycles. The van der Waals surface area contributed by atoms with E-state index >= 15 is 0 Å². The van der Waals surface area contributed by atoms with Gasteiger partial charge in [-0.1, -0.05) is 0 Å². The minimum atomic E-state index is -0.102. The van der Waals surface area contributed by atoms with Crippen molar-refractivity contribution in [3.63, 3.8) is 0 Å². The topological polar surface area (TPSA) is 75.7 Å². The van der Waals surface area contributed by atoms with Crippen LogP contribution in [-0.4, -0.2) is 48.7 Å². The fraction of sp³-hybridized carbons (Fsp3) is 0.500. The lowest BCUT2D eigenvalue weighted by Gasteiger charge is -2.16.